The SMILES string of the molecule is Cc1cccc(CS(=O)(=O)Nc2ccc3c(c2)sc(=O)n3C)c1. The number of nitrogens with one attached hydrogen (secondary N) is 1. The lowest BCUT2D eigenvalue weighted by Gasteiger charge is -2.09. The Labute approximate surface area is 138 Å². The van der Waals surface area contributed by atoms with Gasteiger partial charge in [-0.05, 0) is 30.7 Å². The van der Waals surface area contributed by atoms with Crippen LogP contribution in [-0.4, -0.2) is 13.0 Å². The maximum Gasteiger partial charge on any atom is 0.307 e. The lowest BCUT2D eigenvalue weighted by atomic mass is 10.2. The minimum absolute atomic E-state index is 0.0697. The van der Waals surface area contributed by atoms with Gasteiger partial charge in [0.15, 0.2) is 0 Å². The maximum atomic E-state index is 12.3. The van der Waals surface area contributed by atoms with E-state index in [2.05, 4.69) is 4.72 Å². The first-order valence-electron chi connectivity index (χ1n) is 7.00. The van der Waals surface area contributed by atoms with Crippen molar-refractivity contribution in [3.8, 4) is 0 Å². The van der Waals surface area contributed by atoms with Crippen LogP contribution in [0.4, 0.5) is 5.69 Å². The van der Waals surface area contributed by atoms with Gasteiger partial charge in [0.1, 0.15) is 0 Å². The zero-order chi connectivity index (χ0) is 16.6. The third-order valence-electron chi connectivity index (χ3n) is 3.50. The monoisotopic (exact) mass is 348 g/mol. The highest BCUT2D eigenvalue weighted by Crippen LogP contribution is 2.22. The first kappa shape index (κ1) is 15.8. The molecule has 0 saturated heterocycles. The summed E-state index contributed by atoms with van der Waals surface area (Å²) in [5.74, 6) is -0.0856. The van der Waals surface area contributed by atoms with Crippen LogP contribution in [0.5, 0.6) is 0 Å². The predicted molar refractivity (Wildman–Crippen MR) is 94.5 cm³/mol. The van der Waals surface area contributed by atoms with Crippen LogP contribution < -0.4 is 9.60 Å². The highest BCUT2D eigenvalue weighted by atomic mass is 32.2. The van der Waals surface area contributed by atoms with Crippen molar-refractivity contribution in [2.45, 2.75) is 12.7 Å². The van der Waals surface area contributed by atoms with Crippen LogP contribution in [0.3, 0.4) is 0 Å². The lowest BCUT2D eigenvalue weighted by molar-refractivity contribution is 0.600. The smallest absolute Gasteiger partial charge is 0.302 e. The molecular weight excluding hydrogens is 332 g/mol. The average molecular weight is 348 g/mol. The summed E-state index contributed by atoms with van der Waals surface area (Å²) in [6, 6.07) is 12.5. The van der Waals surface area contributed by atoms with Crippen LogP contribution in [0.15, 0.2) is 47.3 Å². The van der Waals surface area contributed by atoms with E-state index in [1.807, 2.05) is 25.1 Å². The van der Waals surface area contributed by atoms with Gasteiger partial charge in [-0.2, -0.15) is 0 Å². The molecule has 5 nitrogen and oxygen atoms in total. The Kier molecular flexibility index (Phi) is 3.99. The second kappa shape index (κ2) is 5.82. The average Bonchev–Trinajstić information content (AvgIpc) is 2.72. The highest BCUT2D eigenvalue weighted by Gasteiger charge is 2.13. The van der Waals surface area contributed by atoms with Crippen LogP contribution >= 0.6 is 11.3 Å². The van der Waals surface area contributed by atoms with Crippen molar-refractivity contribution in [2.75, 3.05) is 4.72 Å². The molecule has 2 aromatic carbocycles. The Morgan fingerprint density at radius 3 is 2.70 bits per heavy atom. The van der Waals surface area contributed by atoms with E-state index < -0.39 is 10.0 Å². The van der Waals surface area contributed by atoms with E-state index >= 15 is 0 Å². The van der Waals surface area contributed by atoms with Crippen molar-refractivity contribution >= 4 is 37.3 Å². The number of hydrogen-bond donors (Lipinski definition) is 1. The molecule has 0 spiro atoms. The minimum atomic E-state index is -3.51. The van der Waals surface area contributed by atoms with Gasteiger partial charge < -0.3 is 4.57 Å². The number of benzene rings is 2. The molecule has 0 aliphatic carbocycles. The second-order valence-corrected chi connectivity index (χ2v) is 8.18. The third kappa shape index (κ3) is 3.46. The number of fused-ring (bicyclic) bond motifs is 1. The summed E-state index contributed by atoms with van der Waals surface area (Å²) in [5.41, 5.74) is 3.02. The number of hydrogen-bond acceptors (Lipinski definition) is 4. The van der Waals surface area contributed by atoms with Gasteiger partial charge in [0, 0.05) is 7.05 Å². The fourth-order valence-electron chi connectivity index (χ4n) is 2.43. The fraction of sp³-hybridized carbons (Fsp3) is 0.188. The molecule has 3 rings (SSSR count). The summed E-state index contributed by atoms with van der Waals surface area (Å²) in [6.45, 7) is 1.93. The molecule has 0 atom stereocenters. The molecular formula is C16H16N2O3S2. The largest absolute Gasteiger partial charge is 0.307 e. The van der Waals surface area contributed by atoms with Gasteiger partial charge in [-0.3, -0.25) is 9.52 Å². The molecule has 0 unspecified atom stereocenters. The summed E-state index contributed by atoms with van der Waals surface area (Å²) < 4.78 is 29.5. The summed E-state index contributed by atoms with van der Waals surface area (Å²) in [7, 11) is -1.81. The highest BCUT2D eigenvalue weighted by molar-refractivity contribution is 7.91. The Bertz CT molecular complexity index is 1030. The third-order valence-corrected chi connectivity index (χ3v) is 5.76. The zero-order valence-electron chi connectivity index (χ0n) is 12.7. The van der Waals surface area contributed by atoms with E-state index in [1.54, 1.807) is 35.9 Å². The van der Waals surface area contributed by atoms with E-state index in [1.165, 1.54) is 0 Å². The Balaban J connectivity index is 1.86. The molecule has 120 valence electrons. The minimum Gasteiger partial charge on any atom is -0.302 e. The summed E-state index contributed by atoms with van der Waals surface area (Å²) in [6.07, 6.45) is 0. The van der Waals surface area contributed by atoms with Crippen LogP contribution in [0.25, 0.3) is 10.2 Å². The van der Waals surface area contributed by atoms with Gasteiger partial charge in [-0.1, -0.05) is 41.2 Å². The van der Waals surface area contributed by atoms with Gasteiger partial charge >= 0.3 is 4.87 Å². The van der Waals surface area contributed by atoms with E-state index in [0.29, 0.717) is 5.69 Å². The first-order chi connectivity index (χ1) is 10.8. The van der Waals surface area contributed by atoms with Crippen LogP contribution in [0.2, 0.25) is 0 Å². The second-order valence-electron chi connectivity index (χ2n) is 5.46. The molecule has 0 bridgehead atoms. The van der Waals surface area contributed by atoms with E-state index in [9.17, 15) is 13.2 Å². The standard InChI is InChI=1S/C16H16N2O3S2/c1-11-4-3-5-12(8-11)10-23(20,21)17-13-6-7-14-15(9-13)22-16(19)18(14)2/h3-9,17H,10H2,1-2H3. The number of anilines is 1. The number of aryl methyl sites for hydroxylation is 2. The van der Waals surface area contributed by atoms with E-state index in [-0.39, 0.29) is 10.6 Å². The van der Waals surface area contributed by atoms with Crippen LogP contribution in [-0.2, 0) is 22.8 Å². The molecule has 0 fully saturated rings. The molecule has 0 aliphatic heterocycles. The Morgan fingerprint density at radius 2 is 1.96 bits per heavy atom. The summed E-state index contributed by atoms with van der Waals surface area (Å²) >= 11 is 1.10. The lowest BCUT2D eigenvalue weighted by Crippen LogP contribution is -2.15. The fourth-order valence-corrected chi connectivity index (χ4v) is 4.53. The van der Waals surface area contributed by atoms with Gasteiger partial charge in [0.05, 0.1) is 21.7 Å². The predicted octanol–water partition coefficient (Wildman–Crippen LogP) is 2.85. The van der Waals surface area contributed by atoms with Crippen molar-refractivity contribution in [2.24, 2.45) is 7.05 Å². The molecule has 0 amide bonds. The van der Waals surface area contributed by atoms with Crippen LogP contribution in [0, 0.1) is 6.92 Å². The van der Waals surface area contributed by atoms with Gasteiger partial charge in [0.2, 0.25) is 10.0 Å². The molecule has 0 aliphatic rings. The number of rotatable bonds is 4. The molecule has 1 N–H and O–H groups in total. The summed E-state index contributed by atoms with van der Waals surface area (Å²) in [5, 5.41) is 0. The molecule has 23 heavy (non-hydrogen) atoms. The van der Waals surface area contributed by atoms with Gasteiger partial charge in [-0.25, -0.2) is 8.42 Å². The molecule has 7 heteroatoms. The van der Waals surface area contributed by atoms with Crippen molar-refractivity contribution in [1.82, 2.24) is 4.57 Å². The molecule has 1 aromatic heterocycles. The van der Waals surface area contributed by atoms with Crippen molar-refractivity contribution in [3.05, 3.63) is 63.3 Å². The molecule has 3 aromatic rings. The number of aromatic nitrogens is 1. The molecule has 0 saturated carbocycles. The van der Waals surface area contributed by atoms with Crippen molar-refractivity contribution in [1.29, 1.82) is 0 Å². The van der Waals surface area contributed by atoms with Gasteiger partial charge in [-0.15, -0.1) is 0 Å². The Morgan fingerprint density at radius 1 is 1.17 bits per heavy atom. The van der Waals surface area contributed by atoms with E-state index in [4.69, 9.17) is 0 Å². The number of sulfonamides is 1. The van der Waals surface area contributed by atoms with Gasteiger partial charge in [0.25, 0.3) is 0 Å². The maximum absolute atomic E-state index is 12.3. The van der Waals surface area contributed by atoms with E-state index in [0.717, 1.165) is 32.7 Å². The number of nitrogens with zero attached hydrogens (tertiary/aromatic N) is 1. The molecule has 1 heterocycles. The Hall–Kier alpha value is -2.12. The van der Waals surface area contributed by atoms with Crippen molar-refractivity contribution in [3.63, 3.8) is 0 Å². The van der Waals surface area contributed by atoms with Crippen molar-refractivity contribution < 1.29 is 8.42 Å². The summed E-state index contributed by atoms with van der Waals surface area (Å²) in [4.78, 5) is 11.6. The number of thiazole rings is 1. The molecule has 0 radical (unpaired) electrons. The quantitative estimate of drug-likeness (QED) is 0.788. The van der Waals surface area contributed by atoms with Crippen LogP contribution in [0.1, 0.15) is 11.1 Å². The first-order valence-corrected chi connectivity index (χ1v) is 9.46. The normalized spacial score (nSPS) is 11.7. The topological polar surface area (TPSA) is 68.2 Å². The zero-order valence-corrected chi connectivity index (χ0v) is 14.4.